The molecule has 1 amide bonds. The number of methoxy groups -OCH3 is 1. The van der Waals surface area contributed by atoms with E-state index in [1.165, 1.54) is 13.2 Å². The molecule has 0 unspecified atom stereocenters. The minimum absolute atomic E-state index is 0.102. The summed E-state index contributed by atoms with van der Waals surface area (Å²) >= 11 is 0. The van der Waals surface area contributed by atoms with Gasteiger partial charge in [0.1, 0.15) is 11.6 Å². The van der Waals surface area contributed by atoms with Crippen molar-refractivity contribution < 1.29 is 14.3 Å². The number of nitriles is 1. The minimum atomic E-state index is -0.537. The van der Waals surface area contributed by atoms with Crippen LogP contribution in [0, 0.1) is 25.2 Å². The number of esters is 1. The molecule has 0 bridgehead atoms. The van der Waals surface area contributed by atoms with Crippen LogP contribution in [0.15, 0.2) is 48.0 Å². The molecule has 5 nitrogen and oxygen atoms in total. The fraction of sp³-hybridized carbons (Fsp3) is 0.150. The number of anilines is 1. The van der Waals surface area contributed by atoms with Gasteiger partial charge in [0.25, 0.3) is 5.91 Å². The third-order valence-corrected chi connectivity index (χ3v) is 3.80. The zero-order chi connectivity index (χ0) is 18.4. The van der Waals surface area contributed by atoms with Gasteiger partial charge in [-0.25, -0.2) is 4.79 Å². The second kappa shape index (κ2) is 7.93. The van der Waals surface area contributed by atoms with Crippen molar-refractivity contribution in [3.63, 3.8) is 0 Å². The molecule has 0 aliphatic rings. The quantitative estimate of drug-likeness (QED) is 0.526. The van der Waals surface area contributed by atoms with Crippen LogP contribution in [-0.4, -0.2) is 19.0 Å². The highest BCUT2D eigenvalue weighted by Crippen LogP contribution is 2.17. The van der Waals surface area contributed by atoms with Crippen LogP contribution < -0.4 is 5.32 Å². The van der Waals surface area contributed by atoms with Crippen LogP contribution >= 0.6 is 0 Å². The lowest BCUT2D eigenvalue weighted by molar-refractivity contribution is -0.112. The van der Waals surface area contributed by atoms with E-state index in [9.17, 15) is 14.9 Å². The average Bonchev–Trinajstić information content (AvgIpc) is 2.62. The summed E-state index contributed by atoms with van der Waals surface area (Å²) in [4.78, 5) is 24.2. The highest BCUT2D eigenvalue weighted by molar-refractivity contribution is 6.10. The van der Waals surface area contributed by atoms with Crippen molar-refractivity contribution in [2.45, 2.75) is 13.8 Å². The molecule has 0 heterocycles. The molecule has 2 aromatic carbocycles. The normalized spacial score (nSPS) is 10.7. The number of ether oxygens (including phenoxy) is 1. The van der Waals surface area contributed by atoms with Gasteiger partial charge in [-0.1, -0.05) is 24.3 Å². The minimum Gasteiger partial charge on any atom is -0.465 e. The largest absolute Gasteiger partial charge is 0.465 e. The van der Waals surface area contributed by atoms with Crippen molar-refractivity contribution in [1.29, 1.82) is 5.26 Å². The molecule has 2 aromatic rings. The molecular formula is C20H18N2O3. The van der Waals surface area contributed by atoms with Gasteiger partial charge in [-0.15, -0.1) is 0 Å². The van der Waals surface area contributed by atoms with Gasteiger partial charge >= 0.3 is 5.97 Å². The van der Waals surface area contributed by atoms with Crippen molar-refractivity contribution in [2.75, 3.05) is 12.4 Å². The van der Waals surface area contributed by atoms with Crippen LogP contribution in [-0.2, 0) is 9.53 Å². The number of rotatable bonds is 4. The Bertz CT molecular complexity index is 892. The van der Waals surface area contributed by atoms with Crippen molar-refractivity contribution in [3.05, 3.63) is 70.3 Å². The fourth-order valence-corrected chi connectivity index (χ4v) is 2.24. The number of carbonyl (C=O) groups excluding carboxylic acids is 2. The molecule has 2 rings (SSSR count). The van der Waals surface area contributed by atoms with E-state index in [4.69, 9.17) is 4.74 Å². The summed E-state index contributed by atoms with van der Waals surface area (Å²) in [5, 5.41) is 12.0. The maximum atomic E-state index is 12.4. The molecule has 1 N–H and O–H groups in total. The van der Waals surface area contributed by atoms with Crippen molar-refractivity contribution in [2.24, 2.45) is 0 Å². The lowest BCUT2D eigenvalue weighted by Crippen LogP contribution is -2.14. The number of aryl methyl sites for hydroxylation is 2. The molecule has 0 saturated heterocycles. The number of amides is 1. The van der Waals surface area contributed by atoms with E-state index in [0.29, 0.717) is 11.3 Å². The second-order valence-electron chi connectivity index (χ2n) is 5.50. The Labute approximate surface area is 146 Å². The molecule has 0 aliphatic carbocycles. The molecule has 0 saturated carbocycles. The van der Waals surface area contributed by atoms with Gasteiger partial charge in [0.2, 0.25) is 0 Å². The molecule has 0 radical (unpaired) electrons. The molecule has 0 aromatic heterocycles. The first kappa shape index (κ1) is 18.0. The summed E-state index contributed by atoms with van der Waals surface area (Å²) in [5.74, 6) is -1.07. The Morgan fingerprint density at radius 3 is 2.48 bits per heavy atom. The summed E-state index contributed by atoms with van der Waals surface area (Å²) in [6.07, 6.45) is 1.38. The Balaban J connectivity index is 2.31. The standard InChI is InChI=1S/C20H18N2O3/c1-13-8-9-17(10-14(13)2)22-19(23)16(12-21)11-15-6-4-5-7-18(15)20(24)25-3/h4-11H,1-3H3,(H,22,23)/b16-11+. The molecule has 0 aliphatic heterocycles. The topological polar surface area (TPSA) is 79.2 Å². The number of carbonyl (C=O) groups is 2. The molecule has 0 atom stereocenters. The van der Waals surface area contributed by atoms with Crippen molar-refractivity contribution in [1.82, 2.24) is 0 Å². The van der Waals surface area contributed by atoms with Crippen molar-refractivity contribution in [3.8, 4) is 6.07 Å². The monoisotopic (exact) mass is 334 g/mol. The van der Waals surface area contributed by atoms with Crippen LogP contribution in [0.3, 0.4) is 0 Å². The predicted octanol–water partition coefficient (Wildman–Crippen LogP) is 3.64. The van der Waals surface area contributed by atoms with Crippen LogP contribution in [0.2, 0.25) is 0 Å². The number of benzene rings is 2. The van der Waals surface area contributed by atoms with E-state index in [2.05, 4.69) is 5.32 Å². The number of hydrogen-bond donors (Lipinski definition) is 1. The van der Waals surface area contributed by atoms with E-state index in [1.54, 1.807) is 30.3 Å². The SMILES string of the molecule is COC(=O)c1ccccc1/C=C(\C#N)C(=O)Nc1ccc(C)c(C)c1. The first-order chi connectivity index (χ1) is 12.0. The lowest BCUT2D eigenvalue weighted by atomic mass is 10.0. The molecule has 0 spiro atoms. The molecular weight excluding hydrogens is 316 g/mol. The van der Waals surface area contributed by atoms with E-state index >= 15 is 0 Å². The van der Waals surface area contributed by atoms with Gasteiger partial charge in [0.05, 0.1) is 12.7 Å². The van der Waals surface area contributed by atoms with Gasteiger partial charge in [-0.3, -0.25) is 4.79 Å². The zero-order valence-electron chi connectivity index (χ0n) is 14.3. The summed E-state index contributed by atoms with van der Waals surface area (Å²) in [6.45, 7) is 3.92. The average molecular weight is 334 g/mol. The molecule has 5 heteroatoms. The Morgan fingerprint density at radius 2 is 1.84 bits per heavy atom. The fourth-order valence-electron chi connectivity index (χ4n) is 2.24. The van der Waals surface area contributed by atoms with Crippen LogP contribution in [0.25, 0.3) is 6.08 Å². The van der Waals surface area contributed by atoms with Crippen LogP contribution in [0.1, 0.15) is 27.0 Å². The smallest absolute Gasteiger partial charge is 0.338 e. The van der Waals surface area contributed by atoms with E-state index in [0.717, 1.165) is 11.1 Å². The van der Waals surface area contributed by atoms with Gasteiger partial charge in [0, 0.05) is 5.69 Å². The first-order valence-corrected chi connectivity index (χ1v) is 7.64. The summed E-state index contributed by atoms with van der Waals surface area (Å²) in [6, 6.07) is 14.0. The highest BCUT2D eigenvalue weighted by atomic mass is 16.5. The summed E-state index contributed by atoms with van der Waals surface area (Å²) in [5.41, 5.74) is 3.39. The maximum absolute atomic E-state index is 12.4. The lowest BCUT2D eigenvalue weighted by Gasteiger charge is -2.08. The first-order valence-electron chi connectivity index (χ1n) is 7.64. The third kappa shape index (κ3) is 4.33. The summed E-state index contributed by atoms with van der Waals surface area (Å²) < 4.78 is 4.72. The van der Waals surface area contributed by atoms with Gasteiger partial charge in [0.15, 0.2) is 0 Å². The number of nitrogens with zero attached hydrogens (tertiary/aromatic N) is 1. The van der Waals surface area contributed by atoms with Crippen molar-refractivity contribution >= 4 is 23.6 Å². The van der Waals surface area contributed by atoms with Gasteiger partial charge < -0.3 is 10.1 Å². The third-order valence-electron chi connectivity index (χ3n) is 3.80. The zero-order valence-corrected chi connectivity index (χ0v) is 14.3. The van der Waals surface area contributed by atoms with E-state index in [1.807, 2.05) is 32.0 Å². The maximum Gasteiger partial charge on any atom is 0.338 e. The molecule has 0 fully saturated rings. The molecule has 25 heavy (non-hydrogen) atoms. The Kier molecular flexibility index (Phi) is 5.70. The van der Waals surface area contributed by atoms with Crippen LogP contribution in [0.5, 0.6) is 0 Å². The summed E-state index contributed by atoms with van der Waals surface area (Å²) in [7, 11) is 1.28. The van der Waals surface area contributed by atoms with E-state index in [-0.39, 0.29) is 11.1 Å². The predicted molar refractivity (Wildman–Crippen MR) is 95.9 cm³/mol. The van der Waals surface area contributed by atoms with E-state index < -0.39 is 11.9 Å². The Hall–Kier alpha value is -3.39. The Morgan fingerprint density at radius 1 is 1.12 bits per heavy atom. The second-order valence-corrected chi connectivity index (χ2v) is 5.50. The number of nitrogens with one attached hydrogen (secondary N) is 1. The van der Waals surface area contributed by atoms with Crippen LogP contribution in [0.4, 0.5) is 5.69 Å². The van der Waals surface area contributed by atoms with Gasteiger partial charge in [-0.2, -0.15) is 5.26 Å². The van der Waals surface area contributed by atoms with Gasteiger partial charge in [-0.05, 0) is 54.8 Å². The molecule has 126 valence electrons. The number of hydrogen-bond acceptors (Lipinski definition) is 4. The highest BCUT2D eigenvalue weighted by Gasteiger charge is 2.14.